The number of hydrogen-bond donors (Lipinski definition) is 0. The second-order valence-corrected chi connectivity index (χ2v) is 11.7. The van der Waals surface area contributed by atoms with Gasteiger partial charge in [-0.15, -0.1) is 11.6 Å². The summed E-state index contributed by atoms with van der Waals surface area (Å²) >= 11 is 6.40. The van der Waals surface area contributed by atoms with Gasteiger partial charge in [0.1, 0.15) is 6.10 Å². The van der Waals surface area contributed by atoms with Crippen LogP contribution in [0.4, 0.5) is 0 Å². The fraction of sp³-hybridized carbons (Fsp3) is 0.909. The molecule has 0 bridgehead atoms. The summed E-state index contributed by atoms with van der Waals surface area (Å²) in [7, 11) is -1.47. The molecule has 0 heterocycles. The number of carbonyl (C=O) groups excluding carboxylic acids is 1. The number of hydrogen-bond acceptors (Lipinski definition) is 2. The van der Waals surface area contributed by atoms with E-state index in [0.29, 0.717) is 5.92 Å². The van der Waals surface area contributed by atoms with Crippen molar-refractivity contribution in [2.24, 2.45) is 5.92 Å². The zero-order valence-electron chi connectivity index (χ0n) is 10.6. The first-order valence-corrected chi connectivity index (χ1v) is 9.47. The van der Waals surface area contributed by atoms with Gasteiger partial charge in [0.25, 0.3) is 0 Å². The Morgan fingerprint density at radius 3 is 2.07 bits per heavy atom. The largest absolute Gasteiger partial charge is 0.461 e. The molecule has 0 fully saturated rings. The molecule has 2 nitrogen and oxygen atoms in total. The Labute approximate surface area is 99.3 Å². The van der Waals surface area contributed by atoms with Crippen LogP contribution < -0.4 is 0 Å². The molecule has 0 N–H and O–H groups in total. The Morgan fingerprint density at radius 1 is 1.33 bits per heavy atom. The highest BCUT2D eigenvalue weighted by molar-refractivity contribution is 6.84. The Hall–Kier alpha value is -0.0231. The average molecular weight is 251 g/mol. The van der Waals surface area contributed by atoms with Crippen molar-refractivity contribution in [3.8, 4) is 0 Å². The van der Waals surface area contributed by atoms with Gasteiger partial charge in [-0.2, -0.15) is 0 Å². The molecule has 0 aromatic heterocycles. The summed E-state index contributed by atoms with van der Waals surface area (Å²) in [4.78, 5) is 11.0. The van der Waals surface area contributed by atoms with Crippen molar-refractivity contribution < 1.29 is 9.53 Å². The molecule has 0 aliphatic carbocycles. The molecule has 2 unspecified atom stereocenters. The van der Waals surface area contributed by atoms with E-state index in [2.05, 4.69) is 33.5 Å². The molecule has 0 saturated heterocycles. The van der Waals surface area contributed by atoms with Crippen molar-refractivity contribution in [2.45, 2.75) is 57.9 Å². The topological polar surface area (TPSA) is 26.3 Å². The zero-order valence-corrected chi connectivity index (χ0v) is 12.4. The van der Waals surface area contributed by atoms with E-state index in [1.807, 2.05) is 0 Å². The van der Waals surface area contributed by atoms with Crippen LogP contribution >= 0.6 is 11.6 Å². The summed E-state index contributed by atoms with van der Waals surface area (Å²) in [5.41, 5.74) is 0. The summed E-state index contributed by atoms with van der Waals surface area (Å²) in [5.74, 6) is 0.261. The first kappa shape index (κ1) is 15.0. The summed E-state index contributed by atoms with van der Waals surface area (Å²) in [6.07, 6.45) is 0.716. The molecule has 0 aliphatic rings. The van der Waals surface area contributed by atoms with Gasteiger partial charge in [-0.1, -0.05) is 33.5 Å². The maximum atomic E-state index is 11.0. The fourth-order valence-electron chi connectivity index (χ4n) is 1.46. The molecule has 0 aromatic rings. The minimum atomic E-state index is -1.47. The molecule has 0 radical (unpaired) electrons. The standard InChI is InChI=1S/C11H23ClO2Si/c1-8(2)7-10(14-9(3)13)11(12)15(4,5)6/h8,10-11H,7H2,1-6H3. The van der Waals surface area contributed by atoms with E-state index in [-0.39, 0.29) is 17.1 Å². The van der Waals surface area contributed by atoms with Crippen molar-refractivity contribution in [2.75, 3.05) is 0 Å². The third kappa shape index (κ3) is 6.20. The lowest BCUT2D eigenvalue weighted by molar-refractivity contribution is -0.146. The molecule has 0 rings (SSSR count). The molecule has 0 spiro atoms. The quantitative estimate of drug-likeness (QED) is 0.425. The van der Waals surface area contributed by atoms with Gasteiger partial charge in [0.15, 0.2) is 0 Å². The van der Waals surface area contributed by atoms with Gasteiger partial charge in [0, 0.05) is 6.92 Å². The maximum absolute atomic E-state index is 11.0. The minimum absolute atomic E-state index is 0.0104. The smallest absolute Gasteiger partial charge is 0.302 e. The zero-order chi connectivity index (χ0) is 12.2. The molecular weight excluding hydrogens is 228 g/mol. The Morgan fingerprint density at radius 2 is 1.80 bits per heavy atom. The summed E-state index contributed by atoms with van der Waals surface area (Å²) in [6.45, 7) is 12.3. The molecule has 2 atom stereocenters. The molecule has 0 aromatic carbocycles. The van der Waals surface area contributed by atoms with E-state index < -0.39 is 8.07 Å². The highest BCUT2D eigenvalue weighted by atomic mass is 35.5. The number of alkyl halides is 1. The molecule has 15 heavy (non-hydrogen) atoms. The van der Waals surface area contributed by atoms with Crippen LogP contribution in [-0.2, 0) is 9.53 Å². The number of ether oxygens (including phenoxy) is 1. The normalized spacial score (nSPS) is 16.3. The van der Waals surface area contributed by atoms with Crippen LogP contribution in [-0.4, -0.2) is 25.1 Å². The van der Waals surface area contributed by atoms with E-state index in [1.54, 1.807) is 0 Å². The number of halogens is 1. The van der Waals surface area contributed by atoms with Gasteiger partial charge in [-0.05, 0) is 12.3 Å². The predicted molar refractivity (Wildman–Crippen MR) is 68.0 cm³/mol. The van der Waals surface area contributed by atoms with Crippen LogP contribution in [0.15, 0.2) is 0 Å². The number of esters is 1. The van der Waals surface area contributed by atoms with E-state index >= 15 is 0 Å². The maximum Gasteiger partial charge on any atom is 0.302 e. The van der Waals surface area contributed by atoms with Crippen LogP contribution in [0.1, 0.15) is 27.2 Å². The first-order valence-electron chi connectivity index (χ1n) is 5.46. The first-order chi connectivity index (χ1) is 6.64. The lowest BCUT2D eigenvalue weighted by atomic mass is 10.1. The minimum Gasteiger partial charge on any atom is -0.461 e. The molecule has 0 amide bonds. The van der Waals surface area contributed by atoms with Crippen molar-refractivity contribution in [1.29, 1.82) is 0 Å². The van der Waals surface area contributed by atoms with Gasteiger partial charge < -0.3 is 4.74 Å². The van der Waals surface area contributed by atoms with Crippen LogP contribution in [0.5, 0.6) is 0 Å². The second-order valence-electron chi connectivity index (χ2n) is 5.55. The lowest BCUT2D eigenvalue weighted by Gasteiger charge is -2.31. The highest BCUT2D eigenvalue weighted by Gasteiger charge is 2.34. The molecule has 0 aliphatic heterocycles. The van der Waals surface area contributed by atoms with Gasteiger partial charge in [-0.3, -0.25) is 4.79 Å². The second kappa shape index (κ2) is 5.90. The van der Waals surface area contributed by atoms with Crippen LogP contribution in [0.3, 0.4) is 0 Å². The van der Waals surface area contributed by atoms with Crippen LogP contribution in [0.2, 0.25) is 19.6 Å². The van der Waals surface area contributed by atoms with Crippen molar-refractivity contribution >= 4 is 25.6 Å². The number of rotatable bonds is 5. The van der Waals surface area contributed by atoms with Gasteiger partial charge in [0.05, 0.1) is 13.1 Å². The molecule has 4 heteroatoms. The predicted octanol–water partition coefficient (Wildman–Crippen LogP) is 3.45. The van der Waals surface area contributed by atoms with E-state index in [0.717, 1.165) is 6.42 Å². The third-order valence-corrected chi connectivity index (χ3v) is 6.45. The number of carbonyl (C=O) groups is 1. The average Bonchev–Trinajstić information content (AvgIpc) is 1.98. The summed E-state index contributed by atoms with van der Waals surface area (Å²) in [6, 6.07) is 0. The van der Waals surface area contributed by atoms with Gasteiger partial charge in [0.2, 0.25) is 0 Å². The summed E-state index contributed by atoms with van der Waals surface area (Å²) < 4.78 is 5.31. The van der Waals surface area contributed by atoms with E-state index in [4.69, 9.17) is 16.3 Å². The molecule has 0 saturated carbocycles. The van der Waals surface area contributed by atoms with Gasteiger partial charge >= 0.3 is 5.97 Å². The summed E-state index contributed by atoms with van der Waals surface area (Å²) in [5, 5.41) is -0.0104. The van der Waals surface area contributed by atoms with Crippen molar-refractivity contribution in [3.05, 3.63) is 0 Å². The Bertz CT molecular complexity index is 211. The Balaban J connectivity index is 4.54. The van der Waals surface area contributed by atoms with E-state index in [9.17, 15) is 4.79 Å². The third-order valence-electron chi connectivity index (χ3n) is 2.17. The fourth-order valence-corrected chi connectivity index (χ4v) is 2.94. The van der Waals surface area contributed by atoms with Crippen LogP contribution in [0.25, 0.3) is 0 Å². The van der Waals surface area contributed by atoms with Crippen molar-refractivity contribution in [3.63, 3.8) is 0 Å². The SMILES string of the molecule is CC(=O)OC(CC(C)C)C(Cl)[Si](C)(C)C. The highest BCUT2D eigenvalue weighted by Crippen LogP contribution is 2.24. The van der Waals surface area contributed by atoms with E-state index in [1.165, 1.54) is 6.92 Å². The van der Waals surface area contributed by atoms with Crippen molar-refractivity contribution in [1.82, 2.24) is 0 Å². The van der Waals surface area contributed by atoms with Crippen LogP contribution in [0, 0.1) is 5.92 Å². The molecule has 90 valence electrons. The lowest BCUT2D eigenvalue weighted by Crippen LogP contribution is -2.45. The Kier molecular flexibility index (Phi) is 5.89. The van der Waals surface area contributed by atoms with Gasteiger partial charge in [-0.25, -0.2) is 0 Å². The monoisotopic (exact) mass is 250 g/mol. The molecular formula is C11H23ClO2Si.